The van der Waals surface area contributed by atoms with Crippen LogP contribution in [0.15, 0.2) is 24.3 Å². The molecule has 3 heteroatoms. The molecule has 1 aliphatic carbocycles. The van der Waals surface area contributed by atoms with E-state index in [0.717, 1.165) is 5.56 Å². The van der Waals surface area contributed by atoms with Crippen LogP contribution in [0.5, 0.6) is 0 Å². The van der Waals surface area contributed by atoms with Crippen LogP contribution in [0.4, 0.5) is 0 Å². The summed E-state index contributed by atoms with van der Waals surface area (Å²) in [6, 6.07) is 7.20. The minimum atomic E-state index is -0.796. The van der Waals surface area contributed by atoms with Crippen molar-refractivity contribution in [3.63, 3.8) is 0 Å². The van der Waals surface area contributed by atoms with Crippen molar-refractivity contribution < 1.29 is 9.90 Å². The fourth-order valence-corrected chi connectivity index (χ4v) is 2.19. The summed E-state index contributed by atoms with van der Waals surface area (Å²) < 4.78 is 0. The molecule has 86 valence electrons. The highest BCUT2D eigenvalue weighted by Gasteiger charge is 2.54. The van der Waals surface area contributed by atoms with E-state index in [9.17, 15) is 9.90 Å². The molecule has 1 aromatic rings. The van der Waals surface area contributed by atoms with Crippen LogP contribution < -0.4 is 0 Å². The molecule has 0 aromatic heterocycles. The highest BCUT2D eigenvalue weighted by molar-refractivity contribution is 6.30. The number of carbonyl (C=O) groups is 1. The number of hydrogen-bond acceptors (Lipinski definition) is 2. The lowest BCUT2D eigenvalue weighted by molar-refractivity contribution is -0.119. The summed E-state index contributed by atoms with van der Waals surface area (Å²) in [5.74, 6) is 0.302. The van der Waals surface area contributed by atoms with Gasteiger partial charge in [0.2, 0.25) is 0 Å². The topological polar surface area (TPSA) is 37.3 Å². The van der Waals surface area contributed by atoms with Gasteiger partial charge in [0.1, 0.15) is 5.78 Å². The zero-order valence-corrected chi connectivity index (χ0v) is 10.00. The standard InChI is InChI=1S/C13H15ClO2/c1-2-12(15)7-10-8-13(10,16)9-3-5-11(14)6-4-9/h3-6,10,16H,2,7-8H2,1H3/t10-,13-/m0/s1. The average molecular weight is 239 g/mol. The normalized spacial score (nSPS) is 27.8. The highest BCUT2D eigenvalue weighted by Crippen LogP contribution is 2.54. The molecule has 0 unspecified atom stereocenters. The smallest absolute Gasteiger partial charge is 0.133 e. The molecular formula is C13H15ClO2. The van der Waals surface area contributed by atoms with Crippen LogP contribution >= 0.6 is 11.6 Å². The second kappa shape index (κ2) is 4.19. The predicted octanol–water partition coefficient (Wildman–Crippen LogP) is 2.92. The minimum absolute atomic E-state index is 0.0844. The van der Waals surface area contributed by atoms with Gasteiger partial charge in [-0.3, -0.25) is 4.79 Å². The number of halogens is 1. The molecule has 16 heavy (non-hydrogen) atoms. The molecule has 0 bridgehead atoms. The van der Waals surface area contributed by atoms with Crippen LogP contribution in [0.25, 0.3) is 0 Å². The van der Waals surface area contributed by atoms with E-state index in [1.54, 1.807) is 12.1 Å². The predicted molar refractivity (Wildman–Crippen MR) is 63.4 cm³/mol. The Morgan fingerprint density at radius 2 is 2.12 bits per heavy atom. The van der Waals surface area contributed by atoms with Crippen LogP contribution in [0.1, 0.15) is 31.7 Å². The molecule has 1 saturated carbocycles. The van der Waals surface area contributed by atoms with E-state index in [-0.39, 0.29) is 11.7 Å². The van der Waals surface area contributed by atoms with Gasteiger partial charge in [0.25, 0.3) is 0 Å². The fourth-order valence-electron chi connectivity index (χ4n) is 2.07. The Labute approximate surface area is 100 Å². The van der Waals surface area contributed by atoms with Gasteiger partial charge in [-0.2, -0.15) is 0 Å². The third-order valence-electron chi connectivity index (χ3n) is 3.29. The Hall–Kier alpha value is -0.860. The lowest BCUT2D eigenvalue weighted by Crippen LogP contribution is -2.10. The van der Waals surface area contributed by atoms with E-state index in [2.05, 4.69) is 0 Å². The lowest BCUT2D eigenvalue weighted by Gasteiger charge is -2.10. The van der Waals surface area contributed by atoms with Crippen LogP contribution in [-0.4, -0.2) is 10.9 Å². The number of aliphatic hydroxyl groups is 1. The van der Waals surface area contributed by atoms with E-state index in [1.807, 2.05) is 19.1 Å². The molecule has 1 aliphatic rings. The number of benzene rings is 1. The molecule has 0 saturated heterocycles. The van der Waals surface area contributed by atoms with Crippen LogP contribution in [0, 0.1) is 5.92 Å². The van der Waals surface area contributed by atoms with Crippen molar-refractivity contribution in [2.75, 3.05) is 0 Å². The second-order valence-corrected chi connectivity index (χ2v) is 4.86. The van der Waals surface area contributed by atoms with Crippen molar-refractivity contribution >= 4 is 17.4 Å². The number of carbonyl (C=O) groups excluding carboxylic acids is 1. The monoisotopic (exact) mass is 238 g/mol. The van der Waals surface area contributed by atoms with Crippen LogP contribution in [0.2, 0.25) is 5.02 Å². The first kappa shape index (κ1) is 11.6. The van der Waals surface area contributed by atoms with E-state index < -0.39 is 5.60 Å². The Kier molecular flexibility index (Phi) is 3.04. The van der Waals surface area contributed by atoms with Crippen molar-refractivity contribution in [2.24, 2.45) is 5.92 Å². The maximum atomic E-state index is 11.3. The highest BCUT2D eigenvalue weighted by atomic mass is 35.5. The summed E-state index contributed by atoms with van der Waals surface area (Å²) in [6.07, 6.45) is 1.71. The summed E-state index contributed by atoms with van der Waals surface area (Å²) in [4.78, 5) is 11.3. The van der Waals surface area contributed by atoms with Crippen molar-refractivity contribution in [1.82, 2.24) is 0 Å². The maximum Gasteiger partial charge on any atom is 0.133 e. The molecule has 1 aromatic carbocycles. The first-order valence-electron chi connectivity index (χ1n) is 5.56. The summed E-state index contributed by atoms with van der Waals surface area (Å²) in [7, 11) is 0. The van der Waals surface area contributed by atoms with Crippen LogP contribution in [-0.2, 0) is 10.4 Å². The van der Waals surface area contributed by atoms with E-state index in [0.29, 0.717) is 24.3 Å². The third kappa shape index (κ3) is 2.13. The molecule has 0 spiro atoms. The number of rotatable bonds is 4. The SMILES string of the molecule is CCC(=O)C[C@H]1C[C@]1(O)c1ccc(Cl)cc1. The fraction of sp³-hybridized carbons (Fsp3) is 0.462. The molecule has 0 amide bonds. The summed E-state index contributed by atoms with van der Waals surface area (Å²) >= 11 is 5.79. The van der Waals surface area contributed by atoms with E-state index in [1.165, 1.54) is 0 Å². The van der Waals surface area contributed by atoms with Gasteiger partial charge in [-0.25, -0.2) is 0 Å². The Balaban J connectivity index is 2.06. The average Bonchev–Trinajstić information content (AvgIpc) is 2.91. The van der Waals surface area contributed by atoms with Gasteiger partial charge in [-0.05, 0) is 24.1 Å². The van der Waals surface area contributed by atoms with E-state index >= 15 is 0 Å². The van der Waals surface area contributed by atoms with Gasteiger partial charge < -0.3 is 5.11 Å². The van der Waals surface area contributed by atoms with E-state index in [4.69, 9.17) is 11.6 Å². The summed E-state index contributed by atoms with van der Waals surface area (Å²) in [5.41, 5.74) is 0.0703. The Morgan fingerprint density at radius 3 is 2.69 bits per heavy atom. The zero-order chi connectivity index (χ0) is 11.8. The number of Topliss-reactive ketones (excluding diaryl/α,β-unsaturated/α-hetero) is 1. The molecule has 2 nitrogen and oxygen atoms in total. The molecular weight excluding hydrogens is 224 g/mol. The van der Waals surface area contributed by atoms with Gasteiger partial charge in [0, 0.05) is 23.8 Å². The molecule has 0 aliphatic heterocycles. The van der Waals surface area contributed by atoms with Crippen molar-refractivity contribution in [3.8, 4) is 0 Å². The summed E-state index contributed by atoms with van der Waals surface area (Å²) in [5, 5.41) is 11.0. The van der Waals surface area contributed by atoms with Gasteiger partial charge in [0.05, 0.1) is 5.60 Å². The van der Waals surface area contributed by atoms with Crippen LogP contribution in [0.3, 0.4) is 0 Å². The quantitative estimate of drug-likeness (QED) is 0.876. The largest absolute Gasteiger partial charge is 0.385 e. The zero-order valence-electron chi connectivity index (χ0n) is 9.24. The molecule has 0 heterocycles. The first-order chi connectivity index (χ1) is 7.56. The maximum absolute atomic E-state index is 11.3. The van der Waals surface area contributed by atoms with Crippen molar-refractivity contribution in [3.05, 3.63) is 34.9 Å². The molecule has 2 atom stereocenters. The minimum Gasteiger partial charge on any atom is -0.385 e. The van der Waals surface area contributed by atoms with Crippen molar-refractivity contribution in [2.45, 2.75) is 31.8 Å². The molecule has 2 rings (SSSR count). The summed E-state index contributed by atoms with van der Waals surface area (Å²) in [6.45, 7) is 1.85. The molecule has 1 fully saturated rings. The Bertz CT molecular complexity index is 399. The van der Waals surface area contributed by atoms with Gasteiger partial charge in [-0.1, -0.05) is 30.7 Å². The Morgan fingerprint density at radius 1 is 1.50 bits per heavy atom. The number of hydrogen-bond donors (Lipinski definition) is 1. The van der Waals surface area contributed by atoms with Gasteiger partial charge in [0.15, 0.2) is 0 Å². The van der Waals surface area contributed by atoms with Gasteiger partial charge >= 0.3 is 0 Å². The molecule has 1 N–H and O–H groups in total. The number of ketones is 1. The third-order valence-corrected chi connectivity index (χ3v) is 3.54. The van der Waals surface area contributed by atoms with Gasteiger partial charge in [-0.15, -0.1) is 0 Å². The van der Waals surface area contributed by atoms with Crippen molar-refractivity contribution in [1.29, 1.82) is 0 Å². The lowest BCUT2D eigenvalue weighted by atomic mass is 10.0. The second-order valence-electron chi connectivity index (χ2n) is 4.43. The molecule has 0 radical (unpaired) electrons. The first-order valence-corrected chi connectivity index (χ1v) is 5.94.